The first-order valence-electron chi connectivity index (χ1n) is 4.72. The number of nitrogens with one attached hydrogen (secondary N) is 1. The van der Waals surface area contributed by atoms with Gasteiger partial charge in [-0.2, -0.15) is 0 Å². The lowest BCUT2D eigenvalue weighted by Crippen LogP contribution is -2.22. The number of aryl methyl sites for hydroxylation is 1. The van der Waals surface area contributed by atoms with Crippen LogP contribution in [0.4, 0.5) is 4.39 Å². The minimum absolute atomic E-state index is 0.232. The van der Waals surface area contributed by atoms with Crippen molar-refractivity contribution in [3.63, 3.8) is 0 Å². The molecule has 1 amide bonds. The highest BCUT2D eigenvalue weighted by Crippen LogP contribution is 2.19. The van der Waals surface area contributed by atoms with Crippen molar-refractivity contribution in [1.29, 1.82) is 0 Å². The summed E-state index contributed by atoms with van der Waals surface area (Å²) in [6.45, 7) is 1.58. The molecular formula is C11H12FNO3. The number of carbonyl (C=O) groups excluding carboxylic acids is 1. The SMILES string of the molecule is Cc1cc([C@@H](CC(=O)O)NC=O)ccc1F. The van der Waals surface area contributed by atoms with Gasteiger partial charge in [0.1, 0.15) is 5.82 Å². The van der Waals surface area contributed by atoms with Gasteiger partial charge >= 0.3 is 5.97 Å². The average molecular weight is 225 g/mol. The summed E-state index contributed by atoms with van der Waals surface area (Å²) in [6, 6.07) is 3.62. The highest BCUT2D eigenvalue weighted by Gasteiger charge is 2.15. The van der Waals surface area contributed by atoms with Gasteiger partial charge in [-0.3, -0.25) is 9.59 Å². The molecule has 1 rings (SSSR count). The van der Waals surface area contributed by atoms with E-state index < -0.39 is 12.0 Å². The monoisotopic (exact) mass is 225 g/mol. The van der Waals surface area contributed by atoms with Crippen molar-refractivity contribution in [2.75, 3.05) is 0 Å². The van der Waals surface area contributed by atoms with Gasteiger partial charge in [0.15, 0.2) is 0 Å². The molecule has 0 saturated carbocycles. The van der Waals surface area contributed by atoms with Gasteiger partial charge in [0.2, 0.25) is 6.41 Å². The van der Waals surface area contributed by atoms with Gasteiger partial charge in [-0.25, -0.2) is 4.39 Å². The smallest absolute Gasteiger partial charge is 0.305 e. The highest BCUT2D eigenvalue weighted by atomic mass is 19.1. The normalized spacial score (nSPS) is 11.9. The number of aliphatic carboxylic acids is 1. The number of benzene rings is 1. The third-order valence-corrected chi connectivity index (χ3v) is 2.23. The standard InChI is InChI=1S/C11H12FNO3/c1-7-4-8(2-3-9(7)12)10(13-6-14)5-11(15)16/h2-4,6,10H,5H2,1H3,(H,13,14)(H,15,16)/t10-/m1/s1. The molecule has 1 aromatic rings. The fourth-order valence-corrected chi connectivity index (χ4v) is 1.41. The summed E-state index contributed by atoms with van der Waals surface area (Å²) < 4.78 is 13.0. The van der Waals surface area contributed by atoms with E-state index in [4.69, 9.17) is 5.11 Å². The Morgan fingerprint density at radius 1 is 1.62 bits per heavy atom. The second kappa shape index (κ2) is 5.25. The summed E-state index contributed by atoms with van der Waals surface area (Å²) in [5, 5.41) is 11.1. The number of carboxylic acid groups (broad SMARTS) is 1. The predicted octanol–water partition coefficient (Wildman–Crippen LogP) is 1.40. The van der Waals surface area contributed by atoms with E-state index in [1.54, 1.807) is 6.92 Å². The third kappa shape index (κ3) is 3.05. The number of carboxylic acids is 1. The molecule has 0 saturated heterocycles. The van der Waals surface area contributed by atoms with Gasteiger partial charge in [0, 0.05) is 0 Å². The molecular weight excluding hydrogens is 213 g/mol. The van der Waals surface area contributed by atoms with Crippen molar-refractivity contribution < 1.29 is 19.1 Å². The van der Waals surface area contributed by atoms with Crippen molar-refractivity contribution in [3.8, 4) is 0 Å². The maximum atomic E-state index is 13.0. The van der Waals surface area contributed by atoms with Crippen molar-refractivity contribution in [2.45, 2.75) is 19.4 Å². The van der Waals surface area contributed by atoms with Crippen LogP contribution in [-0.4, -0.2) is 17.5 Å². The van der Waals surface area contributed by atoms with E-state index in [1.165, 1.54) is 18.2 Å². The van der Waals surface area contributed by atoms with Crippen molar-refractivity contribution >= 4 is 12.4 Å². The van der Waals surface area contributed by atoms with E-state index in [2.05, 4.69) is 5.32 Å². The van der Waals surface area contributed by atoms with Gasteiger partial charge < -0.3 is 10.4 Å². The molecule has 0 aliphatic rings. The zero-order chi connectivity index (χ0) is 12.1. The molecule has 4 nitrogen and oxygen atoms in total. The number of halogens is 1. The molecule has 5 heteroatoms. The van der Waals surface area contributed by atoms with Crippen LogP contribution in [0.25, 0.3) is 0 Å². The fourth-order valence-electron chi connectivity index (χ4n) is 1.41. The third-order valence-electron chi connectivity index (χ3n) is 2.23. The second-order valence-corrected chi connectivity index (χ2v) is 3.44. The van der Waals surface area contributed by atoms with E-state index in [1.807, 2.05) is 0 Å². The molecule has 86 valence electrons. The Morgan fingerprint density at radius 2 is 2.31 bits per heavy atom. The molecule has 1 aromatic carbocycles. The van der Waals surface area contributed by atoms with Gasteiger partial charge in [-0.05, 0) is 24.1 Å². The summed E-state index contributed by atoms with van der Waals surface area (Å²) in [7, 11) is 0. The van der Waals surface area contributed by atoms with Gasteiger partial charge in [-0.15, -0.1) is 0 Å². The minimum Gasteiger partial charge on any atom is -0.481 e. The highest BCUT2D eigenvalue weighted by molar-refractivity contribution is 5.68. The maximum Gasteiger partial charge on any atom is 0.305 e. The first kappa shape index (κ1) is 12.2. The molecule has 0 bridgehead atoms. The summed E-state index contributed by atoms with van der Waals surface area (Å²) in [4.78, 5) is 20.9. The van der Waals surface area contributed by atoms with Gasteiger partial charge in [-0.1, -0.05) is 12.1 Å². The first-order valence-corrected chi connectivity index (χ1v) is 4.72. The quantitative estimate of drug-likeness (QED) is 0.744. The topological polar surface area (TPSA) is 66.4 Å². The van der Waals surface area contributed by atoms with Crippen LogP contribution in [0.3, 0.4) is 0 Å². The van der Waals surface area contributed by atoms with Gasteiger partial charge in [0.25, 0.3) is 0 Å². The lowest BCUT2D eigenvalue weighted by Gasteiger charge is -2.14. The summed E-state index contributed by atoms with van der Waals surface area (Å²) in [5.41, 5.74) is 0.994. The first-order chi connectivity index (χ1) is 7.54. The van der Waals surface area contributed by atoms with Gasteiger partial charge in [0.05, 0.1) is 12.5 Å². The van der Waals surface area contributed by atoms with Crippen molar-refractivity contribution in [3.05, 3.63) is 35.1 Å². The van der Waals surface area contributed by atoms with Crippen molar-refractivity contribution in [2.24, 2.45) is 0 Å². The van der Waals surface area contributed by atoms with Crippen LogP contribution in [0.15, 0.2) is 18.2 Å². The number of carbonyl (C=O) groups is 2. The van der Waals surface area contributed by atoms with Crippen LogP contribution >= 0.6 is 0 Å². The molecule has 0 aliphatic carbocycles. The van der Waals surface area contributed by atoms with E-state index in [9.17, 15) is 14.0 Å². The Kier molecular flexibility index (Phi) is 3.99. The van der Waals surface area contributed by atoms with E-state index in [-0.39, 0.29) is 12.2 Å². The van der Waals surface area contributed by atoms with E-state index in [0.29, 0.717) is 17.5 Å². The van der Waals surface area contributed by atoms with Crippen LogP contribution in [0.2, 0.25) is 0 Å². The molecule has 0 radical (unpaired) electrons. The molecule has 2 N–H and O–H groups in total. The number of hydrogen-bond donors (Lipinski definition) is 2. The Bertz CT molecular complexity index is 406. The molecule has 0 aliphatic heterocycles. The lowest BCUT2D eigenvalue weighted by molar-refractivity contribution is -0.137. The Balaban J connectivity index is 2.95. The zero-order valence-electron chi connectivity index (χ0n) is 8.74. The Morgan fingerprint density at radius 3 is 2.81 bits per heavy atom. The Labute approximate surface area is 92.1 Å². The van der Waals surface area contributed by atoms with Crippen LogP contribution in [0.1, 0.15) is 23.6 Å². The van der Waals surface area contributed by atoms with E-state index in [0.717, 1.165) is 0 Å². The van der Waals surface area contributed by atoms with Crippen LogP contribution in [0.5, 0.6) is 0 Å². The molecule has 0 fully saturated rings. The van der Waals surface area contributed by atoms with E-state index >= 15 is 0 Å². The molecule has 0 aromatic heterocycles. The fraction of sp³-hybridized carbons (Fsp3) is 0.273. The summed E-state index contributed by atoms with van der Waals surface area (Å²) >= 11 is 0. The maximum absolute atomic E-state index is 13.0. The zero-order valence-corrected chi connectivity index (χ0v) is 8.74. The summed E-state index contributed by atoms with van der Waals surface area (Å²) in [6.07, 6.45) is 0.204. The molecule has 0 unspecified atom stereocenters. The predicted molar refractivity (Wildman–Crippen MR) is 55.3 cm³/mol. The van der Waals surface area contributed by atoms with Crippen LogP contribution in [0, 0.1) is 12.7 Å². The second-order valence-electron chi connectivity index (χ2n) is 3.44. The molecule has 0 heterocycles. The largest absolute Gasteiger partial charge is 0.481 e. The van der Waals surface area contributed by atoms with Crippen LogP contribution < -0.4 is 5.32 Å². The Hall–Kier alpha value is -1.91. The lowest BCUT2D eigenvalue weighted by atomic mass is 10.0. The summed E-state index contributed by atoms with van der Waals surface area (Å²) in [5.74, 6) is -1.38. The number of hydrogen-bond acceptors (Lipinski definition) is 2. The van der Waals surface area contributed by atoms with Crippen LogP contribution in [-0.2, 0) is 9.59 Å². The number of rotatable bonds is 5. The minimum atomic E-state index is -1.03. The molecule has 1 atom stereocenters. The number of amides is 1. The average Bonchev–Trinajstić information content (AvgIpc) is 2.21. The molecule has 0 spiro atoms. The molecule has 16 heavy (non-hydrogen) atoms. The van der Waals surface area contributed by atoms with Crippen molar-refractivity contribution in [1.82, 2.24) is 5.32 Å².